The largest absolute Gasteiger partial charge is 0.345 e. The number of piperidine rings is 1. The Labute approximate surface area is 169 Å². The van der Waals surface area contributed by atoms with E-state index in [0.29, 0.717) is 19.6 Å². The van der Waals surface area contributed by atoms with Crippen LogP contribution in [0.5, 0.6) is 0 Å². The summed E-state index contributed by atoms with van der Waals surface area (Å²) >= 11 is 0. The van der Waals surface area contributed by atoms with Gasteiger partial charge < -0.3 is 10.2 Å². The maximum absolute atomic E-state index is 12.7. The van der Waals surface area contributed by atoms with Crippen LogP contribution in [0.25, 0.3) is 0 Å². The Kier molecular flexibility index (Phi) is 5.46. The van der Waals surface area contributed by atoms with Crippen molar-refractivity contribution in [1.82, 2.24) is 19.2 Å². The molecular formula is C22H25N5O2. The van der Waals surface area contributed by atoms with Gasteiger partial charge in [0.1, 0.15) is 5.82 Å². The van der Waals surface area contributed by atoms with E-state index >= 15 is 0 Å². The van der Waals surface area contributed by atoms with Crippen molar-refractivity contribution in [2.75, 3.05) is 18.4 Å². The van der Waals surface area contributed by atoms with Crippen LogP contribution in [0.15, 0.2) is 65.5 Å². The van der Waals surface area contributed by atoms with Crippen LogP contribution in [0.2, 0.25) is 0 Å². The van der Waals surface area contributed by atoms with Gasteiger partial charge in [0.2, 0.25) is 0 Å². The van der Waals surface area contributed by atoms with Gasteiger partial charge in [-0.25, -0.2) is 14.3 Å². The first-order chi connectivity index (χ1) is 14.1. The van der Waals surface area contributed by atoms with E-state index in [9.17, 15) is 9.59 Å². The average Bonchev–Trinajstić information content (AvgIpc) is 3.04. The van der Waals surface area contributed by atoms with E-state index in [1.165, 1.54) is 4.68 Å². The topological polar surface area (TPSA) is 72.2 Å². The molecule has 3 aromatic rings. The number of hydrogen-bond donors (Lipinski definition) is 1. The van der Waals surface area contributed by atoms with E-state index in [1.54, 1.807) is 11.6 Å². The number of nitrogens with one attached hydrogen (secondary N) is 1. The number of hydrogen-bond acceptors (Lipinski definition) is 3. The van der Waals surface area contributed by atoms with Crippen LogP contribution in [0.4, 0.5) is 10.5 Å². The number of para-hydroxylation sites is 1. The van der Waals surface area contributed by atoms with Gasteiger partial charge in [-0.1, -0.05) is 48.5 Å². The molecule has 1 fully saturated rings. The molecule has 2 aromatic carbocycles. The van der Waals surface area contributed by atoms with Crippen molar-refractivity contribution in [1.29, 1.82) is 0 Å². The highest BCUT2D eigenvalue weighted by molar-refractivity contribution is 5.89. The first-order valence-electron chi connectivity index (χ1n) is 9.90. The van der Waals surface area contributed by atoms with Crippen LogP contribution >= 0.6 is 0 Å². The van der Waals surface area contributed by atoms with Crippen LogP contribution in [0.3, 0.4) is 0 Å². The highest BCUT2D eigenvalue weighted by Gasteiger charge is 2.29. The molecule has 29 heavy (non-hydrogen) atoms. The summed E-state index contributed by atoms with van der Waals surface area (Å²) in [6.07, 6.45) is 1.78. The maximum Gasteiger partial charge on any atom is 0.345 e. The van der Waals surface area contributed by atoms with E-state index < -0.39 is 0 Å². The van der Waals surface area contributed by atoms with Gasteiger partial charge in [0.15, 0.2) is 0 Å². The second kappa shape index (κ2) is 8.34. The molecule has 1 aromatic heterocycles. The molecule has 0 radical (unpaired) electrons. The Morgan fingerprint density at radius 3 is 2.52 bits per heavy atom. The number of nitrogens with zero attached hydrogens (tertiary/aromatic N) is 4. The highest BCUT2D eigenvalue weighted by Crippen LogP contribution is 2.26. The lowest BCUT2D eigenvalue weighted by molar-refractivity contribution is 0.190. The molecule has 0 aliphatic carbocycles. The van der Waals surface area contributed by atoms with E-state index in [1.807, 2.05) is 65.6 Å². The van der Waals surface area contributed by atoms with E-state index in [4.69, 9.17) is 0 Å². The average molecular weight is 391 g/mol. The SMILES string of the molecule is Cn1nc(C2CCCN(C(=O)Nc3ccccc3)C2)n(Cc2ccccc2)c1=O. The summed E-state index contributed by atoms with van der Waals surface area (Å²) < 4.78 is 3.12. The zero-order valence-corrected chi connectivity index (χ0v) is 16.5. The predicted molar refractivity (Wildman–Crippen MR) is 112 cm³/mol. The van der Waals surface area contributed by atoms with E-state index in [2.05, 4.69) is 10.4 Å². The van der Waals surface area contributed by atoms with Gasteiger partial charge in [-0.3, -0.25) is 4.57 Å². The fraction of sp³-hybridized carbons (Fsp3) is 0.318. The zero-order valence-electron chi connectivity index (χ0n) is 16.5. The van der Waals surface area contributed by atoms with Crippen molar-refractivity contribution >= 4 is 11.7 Å². The predicted octanol–water partition coefficient (Wildman–Crippen LogP) is 3.04. The van der Waals surface area contributed by atoms with E-state index in [-0.39, 0.29) is 17.6 Å². The minimum Gasteiger partial charge on any atom is -0.324 e. The van der Waals surface area contributed by atoms with Crippen LogP contribution < -0.4 is 11.0 Å². The third-order valence-electron chi connectivity index (χ3n) is 5.32. The lowest BCUT2D eigenvalue weighted by Gasteiger charge is -2.32. The second-order valence-electron chi connectivity index (χ2n) is 7.42. The Morgan fingerprint density at radius 1 is 1.10 bits per heavy atom. The van der Waals surface area contributed by atoms with Crippen LogP contribution in [0.1, 0.15) is 30.1 Å². The van der Waals surface area contributed by atoms with Crippen molar-refractivity contribution in [3.05, 3.63) is 82.5 Å². The first kappa shape index (κ1) is 19.0. The molecule has 1 unspecified atom stereocenters. The van der Waals surface area contributed by atoms with Crippen molar-refractivity contribution < 1.29 is 4.79 Å². The van der Waals surface area contributed by atoms with Crippen LogP contribution in [0, 0.1) is 0 Å². The summed E-state index contributed by atoms with van der Waals surface area (Å²) in [5.74, 6) is 0.779. The third kappa shape index (κ3) is 4.23. The van der Waals surface area contributed by atoms with Crippen molar-refractivity contribution in [3.8, 4) is 0 Å². The Bertz CT molecular complexity index is 1030. The number of anilines is 1. The molecule has 7 heteroatoms. The number of carbonyl (C=O) groups excluding carboxylic acids is 1. The summed E-state index contributed by atoms with van der Waals surface area (Å²) in [6, 6.07) is 19.2. The number of rotatable bonds is 4. The lowest BCUT2D eigenvalue weighted by atomic mass is 9.97. The number of aromatic nitrogens is 3. The normalized spacial score (nSPS) is 16.6. The number of benzene rings is 2. The maximum atomic E-state index is 12.7. The van der Waals surface area contributed by atoms with Gasteiger partial charge in [-0.2, -0.15) is 5.10 Å². The van der Waals surface area contributed by atoms with Gasteiger partial charge in [0.25, 0.3) is 0 Å². The molecule has 1 aliphatic heterocycles. The molecule has 1 N–H and O–H groups in total. The molecule has 2 heterocycles. The lowest BCUT2D eigenvalue weighted by Crippen LogP contribution is -2.42. The zero-order chi connectivity index (χ0) is 20.2. The quantitative estimate of drug-likeness (QED) is 0.743. The first-order valence-corrected chi connectivity index (χ1v) is 9.90. The summed E-state index contributed by atoms with van der Waals surface area (Å²) in [6.45, 7) is 1.73. The highest BCUT2D eigenvalue weighted by atomic mass is 16.2. The van der Waals surface area contributed by atoms with Gasteiger partial charge in [-0.15, -0.1) is 0 Å². The van der Waals surface area contributed by atoms with Crippen molar-refractivity contribution in [3.63, 3.8) is 0 Å². The van der Waals surface area contributed by atoms with Gasteiger partial charge in [0.05, 0.1) is 6.54 Å². The minimum atomic E-state index is -0.130. The summed E-state index contributed by atoms with van der Waals surface area (Å²) in [5.41, 5.74) is 1.70. The molecule has 1 atom stereocenters. The molecular weight excluding hydrogens is 366 g/mol. The van der Waals surface area contributed by atoms with Gasteiger partial charge >= 0.3 is 11.7 Å². The molecule has 1 aliphatic rings. The second-order valence-corrected chi connectivity index (χ2v) is 7.42. The molecule has 1 saturated heterocycles. The Hall–Kier alpha value is -3.35. The number of urea groups is 1. The minimum absolute atomic E-state index is 0.0304. The monoisotopic (exact) mass is 391 g/mol. The Balaban J connectivity index is 1.53. The third-order valence-corrected chi connectivity index (χ3v) is 5.32. The molecule has 0 saturated carbocycles. The van der Waals surface area contributed by atoms with Crippen LogP contribution in [-0.4, -0.2) is 38.4 Å². The fourth-order valence-corrected chi connectivity index (χ4v) is 3.84. The standard InChI is InChI=1S/C22H25N5O2/c1-25-22(29)27(15-17-9-4-2-5-10-17)20(24-25)18-11-8-14-26(16-18)21(28)23-19-12-6-3-7-13-19/h2-7,9-10,12-13,18H,8,11,14-16H2,1H3,(H,23,28). The molecule has 2 amide bonds. The van der Waals surface area contributed by atoms with Crippen LogP contribution in [-0.2, 0) is 13.6 Å². The summed E-state index contributed by atoms with van der Waals surface area (Å²) in [7, 11) is 1.68. The molecule has 0 spiro atoms. The van der Waals surface area contributed by atoms with Crippen molar-refractivity contribution in [2.45, 2.75) is 25.3 Å². The number of likely N-dealkylation sites (tertiary alicyclic amines) is 1. The summed E-state index contributed by atoms with van der Waals surface area (Å²) in [4.78, 5) is 27.2. The number of amides is 2. The molecule has 0 bridgehead atoms. The number of aryl methyl sites for hydroxylation is 1. The van der Waals surface area contributed by atoms with Gasteiger partial charge in [-0.05, 0) is 30.5 Å². The smallest absolute Gasteiger partial charge is 0.324 e. The number of carbonyl (C=O) groups is 1. The molecule has 4 rings (SSSR count). The van der Waals surface area contributed by atoms with E-state index in [0.717, 1.165) is 29.9 Å². The van der Waals surface area contributed by atoms with Gasteiger partial charge in [0, 0.05) is 31.7 Å². The molecule has 7 nitrogen and oxygen atoms in total. The molecule has 150 valence electrons. The fourth-order valence-electron chi connectivity index (χ4n) is 3.84. The van der Waals surface area contributed by atoms with Crippen molar-refractivity contribution in [2.24, 2.45) is 7.05 Å². The summed E-state index contributed by atoms with van der Waals surface area (Å²) in [5, 5.41) is 7.46. The Morgan fingerprint density at radius 2 is 1.79 bits per heavy atom.